The van der Waals surface area contributed by atoms with Gasteiger partial charge in [-0.15, -0.1) is 0 Å². The Morgan fingerprint density at radius 2 is 1.62 bits per heavy atom. The Kier molecular flexibility index (Phi) is 4.56. The average Bonchev–Trinajstić information content (AvgIpc) is 2.66. The average molecular weight is 411 g/mol. The first-order valence-corrected chi connectivity index (χ1v) is 8.99. The quantitative estimate of drug-likeness (QED) is 0.369. The van der Waals surface area contributed by atoms with Gasteiger partial charge in [-0.2, -0.15) is 0 Å². The van der Waals surface area contributed by atoms with Crippen molar-refractivity contribution in [3.63, 3.8) is 0 Å². The second-order valence-corrected chi connectivity index (χ2v) is 6.99. The number of benzene rings is 3. The summed E-state index contributed by atoms with van der Waals surface area (Å²) < 4.78 is 5.68. The molecule has 4 rings (SSSR count). The van der Waals surface area contributed by atoms with Crippen molar-refractivity contribution in [2.24, 2.45) is 0 Å². The molecule has 0 saturated carbocycles. The predicted molar refractivity (Wildman–Crippen MR) is 109 cm³/mol. The van der Waals surface area contributed by atoms with E-state index >= 15 is 0 Å². The summed E-state index contributed by atoms with van der Waals surface area (Å²) in [6.45, 7) is 0. The largest absolute Gasteiger partial charge is 0.508 e. The third-order valence-corrected chi connectivity index (χ3v) is 4.96. The molecule has 29 heavy (non-hydrogen) atoms. The third-order valence-electron chi connectivity index (χ3n) is 4.59. The highest BCUT2D eigenvalue weighted by Gasteiger charge is 2.16. The first-order valence-electron chi connectivity index (χ1n) is 8.62. The van der Waals surface area contributed by atoms with Gasteiger partial charge in [0, 0.05) is 40.8 Å². The summed E-state index contributed by atoms with van der Waals surface area (Å²) >= 11 is 6.19. The molecule has 7 heteroatoms. The Bertz CT molecular complexity index is 1310. The van der Waals surface area contributed by atoms with Gasteiger partial charge in [0.05, 0.1) is 0 Å². The number of aromatic hydroxyl groups is 4. The molecule has 1 aromatic heterocycles. The van der Waals surface area contributed by atoms with E-state index < -0.39 is 11.2 Å². The van der Waals surface area contributed by atoms with Gasteiger partial charge in [-0.1, -0.05) is 29.8 Å². The van der Waals surface area contributed by atoms with Gasteiger partial charge in [0.15, 0.2) is 16.9 Å². The maximum atomic E-state index is 12.4. The van der Waals surface area contributed by atoms with Crippen molar-refractivity contribution in [1.82, 2.24) is 0 Å². The minimum absolute atomic E-state index is 0.00906. The highest BCUT2D eigenvalue weighted by molar-refractivity contribution is 6.31. The Morgan fingerprint density at radius 3 is 2.38 bits per heavy atom. The maximum absolute atomic E-state index is 12.4. The van der Waals surface area contributed by atoms with E-state index in [1.54, 1.807) is 24.3 Å². The van der Waals surface area contributed by atoms with E-state index in [4.69, 9.17) is 16.0 Å². The van der Waals surface area contributed by atoms with Crippen molar-refractivity contribution in [1.29, 1.82) is 0 Å². The Balaban J connectivity index is 1.87. The highest BCUT2D eigenvalue weighted by atomic mass is 35.5. The molecule has 0 aliphatic rings. The summed E-state index contributed by atoms with van der Waals surface area (Å²) in [5.74, 6) is -1.24. The monoisotopic (exact) mass is 410 g/mol. The Labute approximate surface area is 169 Å². The summed E-state index contributed by atoms with van der Waals surface area (Å²) in [5.41, 5.74) is 0.943. The SMILES string of the molecule is O=c1cc(-c2cc(O)c(O)c(Cc3ccccc3Cl)c2)oc2cc(O)cc(O)c12. The minimum Gasteiger partial charge on any atom is -0.508 e. The van der Waals surface area contributed by atoms with Gasteiger partial charge < -0.3 is 24.8 Å². The van der Waals surface area contributed by atoms with E-state index in [0.29, 0.717) is 16.1 Å². The van der Waals surface area contributed by atoms with Crippen LogP contribution >= 0.6 is 11.6 Å². The van der Waals surface area contributed by atoms with Crippen molar-refractivity contribution in [2.45, 2.75) is 6.42 Å². The number of hydrogen-bond donors (Lipinski definition) is 4. The normalized spacial score (nSPS) is 11.1. The van der Waals surface area contributed by atoms with Crippen LogP contribution in [0.1, 0.15) is 11.1 Å². The van der Waals surface area contributed by atoms with Gasteiger partial charge in [-0.25, -0.2) is 0 Å². The topological polar surface area (TPSA) is 111 Å². The van der Waals surface area contributed by atoms with E-state index in [1.807, 2.05) is 6.07 Å². The zero-order chi connectivity index (χ0) is 20.7. The van der Waals surface area contributed by atoms with Gasteiger partial charge in [0.1, 0.15) is 28.2 Å². The minimum atomic E-state index is -0.515. The van der Waals surface area contributed by atoms with Crippen LogP contribution in [-0.4, -0.2) is 20.4 Å². The summed E-state index contributed by atoms with van der Waals surface area (Å²) in [4.78, 5) is 12.4. The van der Waals surface area contributed by atoms with Crippen molar-refractivity contribution < 1.29 is 24.8 Å². The van der Waals surface area contributed by atoms with Crippen molar-refractivity contribution in [2.75, 3.05) is 0 Å². The molecule has 0 aliphatic carbocycles. The van der Waals surface area contributed by atoms with Crippen molar-refractivity contribution in [3.8, 4) is 34.3 Å². The van der Waals surface area contributed by atoms with Crippen LogP contribution in [0.4, 0.5) is 0 Å². The Morgan fingerprint density at radius 1 is 0.862 bits per heavy atom. The zero-order valence-corrected chi connectivity index (χ0v) is 15.6. The molecule has 0 saturated heterocycles. The van der Waals surface area contributed by atoms with Gasteiger partial charge in [0.2, 0.25) is 0 Å². The van der Waals surface area contributed by atoms with E-state index in [0.717, 1.165) is 11.6 Å². The predicted octanol–water partition coefficient (Wildman–Crippen LogP) is 4.53. The highest BCUT2D eigenvalue weighted by Crippen LogP contribution is 2.37. The summed E-state index contributed by atoms with van der Waals surface area (Å²) in [5, 5.41) is 40.5. The molecule has 0 radical (unpaired) electrons. The molecule has 4 aromatic rings. The van der Waals surface area contributed by atoms with Gasteiger partial charge in [-0.3, -0.25) is 4.79 Å². The molecule has 0 fully saturated rings. The van der Waals surface area contributed by atoms with E-state index in [9.17, 15) is 25.2 Å². The molecule has 3 aromatic carbocycles. The van der Waals surface area contributed by atoms with Crippen LogP contribution in [-0.2, 0) is 6.42 Å². The van der Waals surface area contributed by atoms with Crippen molar-refractivity contribution in [3.05, 3.63) is 81.0 Å². The molecule has 0 amide bonds. The molecule has 0 atom stereocenters. The van der Waals surface area contributed by atoms with Gasteiger partial charge >= 0.3 is 0 Å². The van der Waals surface area contributed by atoms with Crippen LogP contribution in [0.2, 0.25) is 5.02 Å². The number of phenolic OH excluding ortho intramolecular Hbond substituents is 4. The third kappa shape index (κ3) is 3.46. The fraction of sp³-hybridized carbons (Fsp3) is 0.0455. The van der Waals surface area contributed by atoms with Crippen LogP contribution in [0.5, 0.6) is 23.0 Å². The molecule has 6 nitrogen and oxygen atoms in total. The molecule has 1 heterocycles. The van der Waals surface area contributed by atoms with Gasteiger partial charge in [0.25, 0.3) is 0 Å². The van der Waals surface area contributed by atoms with Crippen molar-refractivity contribution >= 4 is 22.6 Å². The zero-order valence-electron chi connectivity index (χ0n) is 14.9. The van der Waals surface area contributed by atoms with Crippen LogP contribution in [0.25, 0.3) is 22.3 Å². The number of phenols is 4. The molecule has 0 aliphatic heterocycles. The summed E-state index contributed by atoms with van der Waals surface area (Å²) in [6, 6.07) is 13.4. The van der Waals surface area contributed by atoms with Gasteiger partial charge in [-0.05, 0) is 23.8 Å². The molecule has 0 unspecified atom stereocenters. The molecule has 4 N–H and O–H groups in total. The Hall–Kier alpha value is -3.64. The van der Waals surface area contributed by atoms with Crippen LogP contribution < -0.4 is 5.43 Å². The van der Waals surface area contributed by atoms with Crippen LogP contribution in [0.15, 0.2) is 63.8 Å². The molecular weight excluding hydrogens is 396 g/mol. The standard InChI is InChI=1S/C22H15ClO6/c23-15-4-2-1-3-11(15)5-13-6-12(7-18(27)22(13)28)19-10-17(26)21-16(25)8-14(24)9-20(21)29-19/h1-4,6-10,24-25,27-28H,5H2. The lowest BCUT2D eigenvalue weighted by Crippen LogP contribution is -2.01. The smallest absolute Gasteiger partial charge is 0.197 e. The number of halogens is 1. The lowest BCUT2D eigenvalue weighted by molar-refractivity contribution is 0.400. The fourth-order valence-electron chi connectivity index (χ4n) is 3.20. The van der Waals surface area contributed by atoms with E-state index in [-0.39, 0.29) is 40.4 Å². The molecular formula is C22H15ClO6. The number of rotatable bonds is 3. The number of fused-ring (bicyclic) bond motifs is 1. The second kappa shape index (κ2) is 7.07. The van der Waals surface area contributed by atoms with E-state index in [1.165, 1.54) is 18.2 Å². The first kappa shape index (κ1) is 18.7. The number of hydrogen-bond acceptors (Lipinski definition) is 6. The first-order chi connectivity index (χ1) is 13.8. The summed E-state index contributed by atoms with van der Waals surface area (Å²) in [6.07, 6.45) is 0.242. The fourth-order valence-corrected chi connectivity index (χ4v) is 3.40. The van der Waals surface area contributed by atoms with E-state index in [2.05, 4.69) is 0 Å². The van der Waals surface area contributed by atoms with Crippen LogP contribution in [0, 0.1) is 0 Å². The lowest BCUT2D eigenvalue weighted by atomic mass is 9.99. The summed E-state index contributed by atoms with van der Waals surface area (Å²) in [7, 11) is 0. The molecule has 0 spiro atoms. The van der Waals surface area contributed by atoms with Crippen LogP contribution in [0.3, 0.4) is 0 Å². The maximum Gasteiger partial charge on any atom is 0.197 e. The lowest BCUT2D eigenvalue weighted by Gasteiger charge is -2.11. The second-order valence-electron chi connectivity index (χ2n) is 6.58. The molecule has 0 bridgehead atoms. The molecule has 146 valence electrons.